The molecule has 0 unspecified atom stereocenters. The smallest absolute Gasteiger partial charge is 0.161 e. The van der Waals surface area contributed by atoms with Crippen LogP contribution < -0.4 is 9.47 Å². The Morgan fingerprint density at radius 2 is 0.674 bits per heavy atom. The molecule has 3 aliphatic rings. The molecule has 6 aromatic rings. The van der Waals surface area contributed by atoms with Crippen LogP contribution in [-0.2, 0) is 5.41 Å². The van der Waals surface area contributed by atoms with Gasteiger partial charge < -0.3 is 9.47 Å². The van der Waals surface area contributed by atoms with Crippen LogP contribution in [0.2, 0.25) is 0 Å². The molecule has 2 nitrogen and oxygen atoms in total. The molecule has 46 heavy (non-hydrogen) atoms. The van der Waals surface area contributed by atoms with Crippen molar-refractivity contribution in [1.82, 2.24) is 0 Å². The Bertz CT molecular complexity index is 2050. The zero-order valence-corrected chi connectivity index (χ0v) is 26.1. The van der Waals surface area contributed by atoms with Crippen LogP contribution in [0, 0.1) is 0 Å². The average Bonchev–Trinajstić information content (AvgIpc) is 3.70. The Kier molecular flexibility index (Phi) is 5.79. The van der Waals surface area contributed by atoms with E-state index in [2.05, 4.69) is 146 Å². The van der Waals surface area contributed by atoms with Crippen LogP contribution in [0.5, 0.6) is 11.5 Å². The maximum absolute atomic E-state index is 5.99. The monoisotopic (exact) mass is 592 g/mol. The summed E-state index contributed by atoms with van der Waals surface area (Å²) in [6.07, 6.45) is 0. The van der Waals surface area contributed by atoms with Crippen LogP contribution >= 0.6 is 0 Å². The van der Waals surface area contributed by atoms with Gasteiger partial charge in [0.05, 0.1) is 14.2 Å². The lowest BCUT2D eigenvalue weighted by Gasteiger charge is -2.33. The average molecular weight is 593 g/mol. The Balaban J connectivity index is 1.54. The fraction of sp³-hybridized carbons (Fsp3) is 0.0909. The highest BCUT2D eigenvalue weighted by Gasteiger charge is 2.49. The van der Waals surface area contributed by atoms with Gasteiger partial charge in [0.2, 0.25) is 0 Å². The zero-order chi connectivity index (χ0) is 31.0. The number of allylic oxidation sites excluding steroid dienone is 2. The summed E-state index contributed by atoms with van der Waals surface area (Å²) in [6, 6.07) is 50.9. The summed E-state index contributed by atoms with van der Waals surface area (Å²) in [5.74, 6) is 1.46. The van der Waals surface area contributed by atoms with E-state index in [1.54, 1.807) is 14.2 Å². The third kappa shape index (κ3) is 3.47. The second kappa shape index (κ2) is 9.95. The predicted molar refractivity (Wildman–Crippen MR) is 189 cm³/mol. The summed E-state index contributed by atoms with van der Waals surface area (Å²) in [5, 5.41) is 0. The van der Waals surface area contributed by atoms with Crippen molar-refractivity contribution in [3.8, 4) is 33.8 Å². The van der Waals surface area contributed by atoms with Gasteiger partial charge in [-0.15, -0.1) is 0 Å². The van der Waals surface area contributed by atoms with Gasteiger partial charge in [0.1, 0.15) is 0 Å². The molecule has 6 aromatic carbocycles. The summed E-state index contributed by atoms with van der Waals surface area (Å²) < 4.78 is 12.0. The van der Waals surface area contributed by atoms with Gasteiger partial charge in [-0.1, -0.05) is 127 Å². The molecular weight excluding hydrogens is 560 g/mol. The minimum Gasteiger partial charge on any atom is -0.493 e. The van der Waals surface area contributed by atoms with Crippen molar-refractivity contribution in [3.05, 3.63) is 178 Å². The summed E-state index contributed by atoms with van der Waals surface area (Å²) >= 11 is 0. The fourth-order valence-electron chi connectivity index (χ4n) is 8.36. The van der Waals surface area contributed by atoms with Crippen LogP contribution in [0.1, 0.15) is 45.9 Å². The van der Waals surface area contributed by atoms with E-state index in [0.29, 0.717) is 0 Å². The number of benzene rings is 6. The van der Waals surface area contributed by atoms with E-state index < -0.39 is 5.41 Å². The molecule has 0 atom stereocenters. The van der Waals surface area contributed by atoms with E-state index in [1.165, 1.54) is 83.5 Å². The van der Waals surface area contributed by atoms with Crippen molar-refractivity contribution in [2.75, 3.05) is 14.2 Å². The predicted octanol–water partition coefficient (Wildman–Crippen LogP) is 10.6. The maximum Gasteiger partial charge on any atom is 0.161 e. The second-order valence-electron chi connectivity index (χ2n) is 12.4. The van der Waals surface area contributed by atoms with Crippen molar-refractivity contribution in [2.24, 2.45) is 0 Å². The topological polar surface area (TPSA) is 18.5 Å². The highest BCUT2D eigenvalue weighted by molar-refractivity contribution is 6.24. The molecule has 0 saturated heterocycles. The van der Waals surface area contributed by atoms with Crippen molar-refractivity contribution >= 4 is 22.3 Å². The standard InChI is InChI=1S/C44H32O2/c1-44(27-15-5-4-6-16-27)42(40-32-21-11-7-17-28(32)29-18-8-12-22-33(29)40)36-25-38(45-2)39(46-3)26-37(36)43(44)41-34-23-13-9-19-30(34)31-20-10-14-24-35(31)41/h4-26H,1-3H3. The van der Waals surface area contributed by atoms with Crippen molar-refractivity contribution < 1.29 is 9.47 Å². The van der Waals surface area contributed by atoms with Crippen molar-refractivity contribution in [1.29, 1.82) is 0 Å². The molecule has 0 spiro atoms. The van der Waals surface area contributed by atoms with E-state index >= 15 is 0 Å². The number of hydrogen-bond acceptors (Lipinski definition) is 2. The lowest BCUT2D eigenvalue weighted by Crippen LogP contribution is -2.23. The lowest BCUT2D eigenvalue weighted by molar-refractivity contribution is 0.355. The Hall–Kier alpha value is -5.60. The zero-order valence-electron chi connectivity index (χ0n) is 26.1. The lowest BCUT2D eigenvalue weighted by atomic mass is 9.69. The molecule has 0 fully saturated rings. The van der Waals surface area contributed by atoms with Gasteiger partial charge in [0.25, 0.3) is 0 Å². The third-order valence-corrected chi connectivity index (χ3v) is 10.3. The Morgan fingerprint density at radius 3 is 1.00 bits per heavy atom. The normalized spacial score (nSPS) is 14.8. The van der Waals surface area contributed by atoms with Crippen LogP contribution in [0.25, 0.3) is 44.5 Å². The summed E-state index contributed by atoms with van der Waals surface area (Å²) in [4.78, 5) is 0. The van der Waals surface area contributed by atoms with E-state index in [0.717, 1.165) is 11.5 Å². The van der Waals surface area contributed by atoms with Gasteiger partial charge in [-0.05, 0) is 103 Å². The maximum atomic E-state index is 5.99. The molecule has 9 rings (SSSR count). The SMILES string of the molecule is COc1cc2c(cc1OC)C(=C1c3ccccc3-c3ccccc31)C(C)(c1ccccc1)C2=C1c2ccccc2-c2ccccc21. The van der Waals surface area contributed by atoms with E-state index in [1.807, 2.05) is 0 Å². The third-order valence-electron chi connectivity index (χ3n) is 10.3. The number of ether oxygens (including phenoxy) is 2. The molecule has 0 saturated carbocycles. The first-order valence-corrected chi connectivity index (χ1v) is 15.8. The molecule has 3 aliphatic carbocycles. The second-order valence-corrected chi connectivity index (χ2v) is 12.4. The van der Waals surface area contributed by atoms with Crippen molar-refractivity contribution in [2.45, 2.75) is 12.3 Å². The van der Waals surface area contributed by atoms with Gasteiger partial charge >= 0.3 is 0 Å². The van der Waals surface area contributed by atoms with Gasteiger partial charge in [0, 0.05) is 5.41 Å². The molecule has 0 amide bonds. The fourth-order valence-corrected chi connectivity index (χ4v) is 8.36. The van der Waals surface area contributed by atoms with Gasteiger partial charge in [0.15, 0.2) is 11.5 Å². The van der Waals surface area contributed by atoms with Crippen LogP contribution in [-0.4, -0.2) is 14.2 Å². The molecule has 0 heterocycles. The largest absolute Gasteiger partial charge is 0.493 e. The number of rotatable bonds is 3. The molecule has 0 aliphatic heterocycles. The minimum atomic E-state index is -0.527. The Morgan fingerprint density at radius 1 is 0.370 bits per heavy atom. The minimum absolute atomic E-state index is 0.527. The van der Waals surface area contributed by atoms with Gasteiger partial charge in [-0.2, -0.15) is 0 Å². The number of methoxy groups -OCH3 is 2. The van der Waals surface area contributed by atoms with Crippen LogP contribution in [0.4, 0.5) is 0 Å². The molecule has 0 radical (unpaired) electrons. The highest BCUT2D eigenvalue weighted by atomic mass is 16.5. The molecular formula is C44H32O2. The van der Waals surface area contributed by atoms with E-state index in [9.17, 15) is 0 Å². The van der Waals surface area contributed by atoms with Gasteiger partial charge in [-0.3, -0.25) is 0 Å². The number of hydrogen-bond donors (Lipinski definition) is 0. The van der Waals surface area contributed by atoms with E-state index in [4.69, 9.17) is 9.47 Å². The van der Waals surface area contributed by atoms with Crippen molar-refractivity contribution in [3.63, 3.8) is 0 Å². The Labute approximate surface area is 269 Å². The van der Waals surface area contributed by atoms with Crippen LogP contribution in [0.15, 0.2) is 140 Å². The molecule has 0 N–H and O–H groups in total. The molecule has 0 aromatic heterocycles. The van der Waals surface area contributed by atoms with Crippen LogP contribution in [0.3, 0.4) is 0 Å². The van der Waals surface area contributed by atoms with Gasteiger partial charge in [-0.25, -0.2) is 0 Å². The first-order chi connectivity index (χ1) is 22.6. The van der Waals surface area contributed by atoms with E-state index in [-0.39, 0.29) is 0 Å². The summed E-state index contributed by atoms with van der Waals surface area (Å²) in [7, 11) is 3.46. The quantitative estimate of drug-likeness (QED) is 0.203. The number of fused-ring (bicyclic) bond motifs is 7. The molecule has 2 heteroatoms. The molecule has 220 valence electrons. The first kappa shape index (κ1) is 26.8. The molecule has 0 bridgehead atoms. The summed E-state index contributed by atoms with van der Waals surface area (Å²) in [6.45, 7) is 2.43. The summed E-state index contributed by atoms with van der Waals surface area (Å²) in [5.41, 5.74) is 18.4. The first-order valence-electron chi connectivity index (χ1n) is 15.8. The highest BCUT2D eigenvalue weighted by Crippen LogP contribution is 2.65.